The van der Waals surface area contributed by atoms with Crippen molar-refractivity contribution in [3.63, 3.8) is 0 Å². The van der Waals surface area contributed by atoms with Crippen molar-refractivity contribution in [2.45, 2.75) is 0 Å². The van der Waals surface area contributed by atoms with Crippen molar-refractivity contribution < 1.29 is 14.6 Å². The molecule has 4 aromatic rings. The van der Waals surface area contributed by atoms with Crippen LogP contribution in [0.4, 0.5) is 5.69 Å². The maximum atomic E-state index is 12.2. The molecule has 0 aliphatic carbocycles. The smallest absolute Gasteiger partial charge is 0.251 e. The number of aromatic nitrogens is 2. The molecule has 2 aromatic heterocycles. The van der Waals surface area contributed by atoms with E-state index in [-0.39, 0.29) is 5.75 Å². The zero-order chi connectivity index (χ0) is 21.0. The quantitative estimate of drug-likeness (QED) is 0.421. The van der Waals surface area contributed by atoms with E-state index >= 15 is 0 Å². The van der Waals surface area contributed by atoms with Gasteiger partial charge in [-0.3, -0.25) is 4.79 Å². The molecular weight excluding hydrogens is 448 g/mol. The maximum absolute atomic E-state index is 12.2. The first-order chi connectivity index (χ1) is 14.5. The summed E-state index contributed by atoms with van der Waals surface area (Å²) < 4.78 is 7.61. The van der Waals surface area contributed by atoms with Gasteiger partial charge in [-0.15, -0.1) is 0 Å². The summed E-state index contributed by atoms with van der Waals surface area (Å²) in [6.07, 6.45) is 3.28. The lowest BCUT2D eigenvalue weighted by Gasteiger charge is -2.11. The van der Waals surface area contributed by atoms with Crippen LogP contribution in [0.2, 0.25) is 0 Å². The van der Waals surface area contributed by atoms with Gasteiger partial charge in [0, 0.05) is 32.9 Å². The zero-order valence-electron chi connectivity index (χ0n) is 15.8. The van der Waals surface area contributed by atoms with Crippen LogP contribution < -0.4 is 10.5 Å². The Bertz CT molecular complexity index is 1390. The summed E-state index contributed by atoms with van der Waals surface area (Å²) in [6, 6.07) is 12.7. The van der Waals surface area contributed by atoms with E-state index in [1.807, 2.05) is 30.3 Å². The van der Waals surface area contributed by atoms with Gasteiger partial charge in [0.2, 0.25) is 0 Å². The van der Waals surface area contributed by atoms with Crippen LogP contribution in [0.15, 0.2) is 64.3 Å². The summed E-state index contributed by atoms with van der Waals surface area (Å²) in [7, 11) is 1.49. The molecule has 1 aliphatic heterocycles. The number of hydrogen-bond acceptors (Lipinski definition) is 5. The number of nitrogens with two attached hydrogens (primary N) is 1. The van der Waals surface area contributed by atoms with Gasteiger partial charge in [-0.2, -0.15) is 5.10 Å². The number of hydrogen-bond donors (Lipinski definition) is 2. The summed E-state index contributed by atoms with van der Waals surface area (Å²) in [5.41, 5.74) is 10.9. The van der Waals surface area contributed by atoms with E-state index in [0.717, 1.165) is 16.6 Å². The van der Waals surface area contributed by atoms with Gasteiger partial charge in [0.1, 0.15) is 0 Å². The highest BCUT2D eigenvalue weighted by Gasteiger charge is 2.27. The molecule has 0 bridgehead atoms. The van der Waals surface area contributed by atoms with E-state index in [9.17, 15) is 9.90 Å². The fourth-order valence-electron chi connectivity index (χ4n) is 3.79. The SMILES string of the molecule is COc1cc(Br)c(C2=Nc3ccccc3-c3c(C(N)=O)cnn4ccc2c34)cc1O. The molecule has 0 saturated carbocycles. The molecular formula is C22H15BrN4O3. The summed E-state index contributed by atoms with van der Waals surface area (Å²) in [5.74, 6) is -0.218. The number of nitrogens with zero attached hydrogens (tertiary/aromatic N) is 3. The van der Waals surface area contributed by atoms with Crippen molar-refractivity contribution in [3.8, 4) is 22.6 Å². The molecule has 3 N–H and O–H groups in total. The second kappa shape index (κ2) is 6.70. The first kappa shape index (κ1) is 18.4. The third kappa shape index (κ3) is 2.61. The Morgan fingerprint density at radius 2 is 1.97 bits per heavy atom. The number of carbonyl (C=O) groups is 1. The summed E-state index contributed by atoms with van der Waals surface area (Å²) in [4.78, 5) is 17.1. The molecule has 2 aromatic carbocycles. The van der Waals surface area contributed by atoms with Gasteiger partial charge in [0.25, 0.3) is 5.91 Å². The Morgan fingerprint density at radius 3 is 2.73 bits per heavy atom. The molecule has 3 heterocycles. The van der Waals surface area contributed by atoms with Crippen molar-refractivity contribution in [2.24, 2.45) is 10.7 Å². The van der Waals surface area contributed by atoms with Crippen LogP contribution in [0, 0.1) is 0 Å². The third-order valence-electron chi connectivity index (χ3n) is 5.13. The summed E-state index contributed by atoms with van der Waals surface area (Å²) in [6.45, 7) is 0. The van der Waals surface area contributed by atoms with Crippen LogP contribution in [0.1, 0.15) is 21.5 Å². The van der Waals surface area contributed by atoms with Crippen LogP contribution in [0.5, 0.6) is 11.5 Å². The van der Waals surface area contributed by atoms with E-state index in [4.69, 9.17) is 15.5 Å². The number of benzene rings is 2. The van der Waals surface area contributed by atoms with Gasteiger partial charge in [-0.25, -0.2) is 9.51 Å². The lowest BCUT2D eigenvalue weighted by molar-refractivity contribution is 0.100. The molecule has 30 heavy (non-hydrogen) atoms. The van der Waals surface area contributed by atoms with Gasteiger partial charge in [0.05, 0.1) is 35.8 Å². The van der Waals surface area contributed by atoms with E-state index in [0.29, 0.717) is 38.3 Å². The standard InChI is InChI=1S/C22H15BrN4O3/c1-30-18-9-15(23)13(8-17(18)28)20-12-6-7-27-21(12)19(14(10-25-27)22(24)29)11-4-2-3-5-16(11)26-20/h2-10,28H,1H3,(H2,24,29). The Labute approximate surface area is 179 Å². The zero-order valence-corrected chi connectivity index (χ0v) is 17.3. The van der Waals surface area contributed by atoms with Gasteiger partial charge in [-0.05, 0) is 40.2 Å². The number of rotatable bonds is 3. The van der Waals surface area contributed by atoms with Crippen molar-refractivity contribution >= 4 is 38.8 Å². The predicted molar refractivity (Wildman–Crippen MR) is 117 cm³/mol. The normalized spacial score (nSPS) is 12.3. The molecule has 0 radical (unpaired) electrons. The van der Waals surface area contributed by atoms with E-state index in [1.54, 1.807) is 22.8 Å². The maximum Gasteiger partial charge on any atom is 0.251 e. The largest absolute Gasteiger partial charge is 0.504 e. The molecule has 0 unspecified atom stereocenters. The average Bonchev–Trinajstić information content (AvgIpc) is 3.10. The molecule has 148 valence electrons. The molecule has 0 atom stereocenters. The van der Waals surface area contributed by atoms with Gasteiger partial charge >= 0.3 is 0 Å². The number of halogens is 1. The molecule has 0 fully saturated rings. The van der Waals surface area contributed by atoms with Crippen LogP contribution in [-0.4, -0.2) is 33.4 Å². The number of amides is 1. The van der Waals surface area contributed by atoms with Crippen molar-refractivity contribution in [2.75, 3.05) is 7.11 Å². The highest BCUT2D eigenvalue weighted by Crippen LogP contribution is 2.42. The Morgan fingerprint density at radius 1 is 1.17 bits per heavy atom. The Kier molecular flexibility index (Phi) is 4.11. The van der Waals surface area contributed by atoms with Crippen LogP contribution in [0.3, 0.4) is 0 Å². The number of methoxy groups -OCH3 is 1. The molecule has 7 nitrogen and oxygen atoms in total. The first-order valence-corrected chi connectivity index (χ1v) is 9.84. The number of aliphatic imine (C=N–C) groups is 1. The number of carbonyl (C=O) groups excluding carboxylic acids is 1. The first-order valence-electron chi connectivity index (χ1n) is 9.05. The Balaban J connectivity index is 1.92. The highest BCUT2D eigenvalue weighted by molar-refractivity contribution is 9.10. The minimum atomic E-state index is -0.561. The fourth-order valence-corrected chi connectivity index (χ4v) is 4.30. The molecule has 1 amide bonds. The minimum absolute atomic E-state index is 0.00406. The third-order valence-corrected chi connectivity index (χ3v) is 5.79. The van der Waals surface area contributed by atoms with Crippen LogP contribution >= 0.6 is 15.9 Å². The molecule has 0 spiro atoms. The number of aromatic hydroxyl groups is 1. The number of fused-ring (bicyclic) bond motifs is 2. The minimum Gasteiger partial charge on any atom is -0.504 e. The lowest BCUT2D eigenvalue weighted by atomic mass is 9.96. The summed E-state index contributed by atoms with van der Waals surface area (Å²) >= 11 is 3.57. The second-order valence-corrected chi connectivity index (χ2v) is 7.66. The van der Waals surface area contributed by atoms with E-state index < -0.39 is 5.91 Å². The number of phenols is 1. The van der Waals surface area contributed by atoms with Gasteiger partial charge in [0.15, 0.2) is 11.5 Å². The number of para-hydroxylation sites is 1. The molecule has 5 rings (SSSR count). The predicted octanol–water partition coefficient (Wildman–Crippen LogP) is 4.06. The number of primary amides is 1. The molecule has 1 aliphatic rings. The fraction of sp³-hybridized carbons (Fsp3) is 0.0455. The number of ether oxygens (including phenoxy) is 1. The van der Waals surface area contributed by atoms with Gasteiger partial charge < -0.3 is 15.6 Å². The van der Waals surface area contributed by atoms with Crippen molar-refractivity contribution in [1.29, 1.82) is 0 Å². The van der Waals surface area contributed by atoms with Crippen LogP contribution in [-0.2, 0) is 0 Å². The second-order valence-electron chi connectivity index (χ2n) is 6.80. The molecule has 0 saturated heterocycles. The lowest BCUT2D eigenvalue weighted by Crippen LogP contribution is -2.14. The van der Waals surface area contributed by atoms with Gasteiger partial charge in [-0.1, -0.05) is 18.2 Å². The van der Waals surface area contributed by atoms with Crippen molar-refractivity contribution in [1.82, 2.24) is 9.61 Å². The monoisotopic (exact) mass is 462 g/mol. The highest BCUT2D eigenvalue weighted by atomic mass is 79.9. The average molecular weight is 463 g/mol. The summed E-state index contributed by atoms with van der Waals surface area (Å²) in [5, 5.41) is 14.7. The van der Waals surface area contributed by atoms with Crippen molar-refractivity contribution in [3.05, 3.63) is 76.0 Å². The molecule has 8 heteroatoms. The topological polar surface area (TPSA) is 102 Å². The van der Waals surface area contributed by atoms with E-state index in [1.165, 1.54) is 13.3 Å². The Hall–Kier alpha value is -3.65. The van der Waals surface area contributed by atoms with E-state index in [2.05, 4.69) is 21.0 Å². The van der Waals surface area contributed by atoms with Crippen LogP contribution in [0.25, 0.3) is 16.6 Å². The number of phenolic OH excluding ortho intramolecular Hbond substituents is 1.